The van der Waals surface area contributed by atoms with Crippen LogP contribution >= 0.6 is 27.7 Å². The molecule has 0 fully saturated rings. The molecule has 2 heterocycles. The highest BCUT2D eigenvalue weighted by Gasteiger charge is 2.13. The van der Waals surface area contributed by atoms with Crippen molar-refractivity contribution in [2.75, 3.05) is 0 Å². The lowest BCUT2D eigenvalue weighted by molar-refractivity contribution is 0.0986. The highest BCUT2D eigenvalue weighted by molar-refractivity contribution is 9.10. The number of aromatic nitrogens is 4. The van der Waals surface area contributed by atoms with Gasteiger partial charge >= 0.3 is 0 Å². The Labute approximate surface area is 98.0 Å². The maximum atomic E-state index is 11.7. The van der Waals surface area contributed by atoms with Crippen LogP contribution in [0.1, 0.15) is 16.2 Å². The number of hydrogen-bond donors (Lipinski definition) is 0. The fourth-order valence-electron chi connectivity index (χ4n) is 1.03. The van der Waals surface area contributed by atoms with Gasteiger partial charge in [-0.3, -0.25) is 4.79 Å². The zero-order valence-corrected chi connectivity index (χ0v) is 9.82. The van der Waals surface area contributed by atoms with Crippen molar-refractivity contribution in [2.24, 2.45) is 0 Å². The van der Waals surface area contributed by atoms with Crippen LogP contribution in [0, 0.1) is 0 Å². The average molecular weight is 285 g/mol. The molecule has 0 aliphatic heterocycles. The Kier molecular flexibility index (Phi) is 3.12. The van der Waals surface area contributed by atoms with Gasteiger partial charge in [0.25, 0.3) is 0 Å². The maximum Gasteiger partial charge on any atom is 0.188 e. The minimum Gasteiger partial charge on any atom is -0.292 e. The summed E-state index contributed by atoms with van der Waals surface area (Å²) in [6.45, 7) is 0. The summed E-state index contributed by atoms with van der Waals surface area (Å²) in [4.78, 5) is 19.4. The molecule has 0 saturated carbocycles. The van der Waals surface area contributed by atoms with Crippen molar-refractivity contribution in [3.8, 4) is 0 Å². The third-order valence-electron chi connectivity index (χ3n) is 1.68. The van der Waals surface area contributed by atoms with Crippen molar-refractivity contribution in [1.82, 2.24) is 18.7 Å². The highest BCUT2D eigenvalue weighted by Crippen LogP contribution is 2.14. The monoisotopic (exact) mass is 284 g/mol. The number of hydrogen-bond acceptors (Lipinski definition) is 6. The summed E-state index contributed by atoms with van der Waals surface area (Å²) < 4.78 is 8.38. The molecule has 0 aliphatic rings. The largest absolute Gasteiger partial charge is 0.292 e. The van der Waals surface area contributed by atoms with Crippen LogP contribution in [0.5, 0.6) is 0 Å². The van der Waals surface area contributed by atoms with E-state index >= 15 is 0 Å². The van der Waals surface area contributed by atoms with Gasteiger partial charge in [-0.05, 0) is 15.9 Å². The second-order valence-corrected chi connectivity index (χ2v) is 4.13. The van der Waals surface area contributed by atoms with Crippen molar-refractivity contribution in [3.05, 3.63) is 34.6 Å². The van der Waals surface area contributed by atoms with Crippen LogP contribution in [-0.2, 0) is 6.42 Å². The highest BCUT2D eigenvalue weighted by atomic mass is 79.9. The first-order valence-electron chi connectivity index (χ1n) is 4.02. The topological polar surface area (TPSA) is 68.6 Å². The van der Waals surface area contributed by atoms with Crippen molar-refractivity contribution in [1.29, 1.82) is 0 Å². The second kappa shape index (κ2) is 4.54. The molecule has 2 rings (SSSR count). The van der Waals surface area contributed by atoms with Gasteiger partial charge in [-0.1, -0.05) is 0 Å². The Morgan fingerprint density at radius 3 is 3.00 bits per heavy atom. The third-order valence-corrected chi connectivity index (χ3v) is 2.78. The van der Waals surface area contributed by atoms with Crippen molar-refractivity contribution in [3.63, 3.8) is 0 Å². The smallest absolute Gasteiger partial charge is 0.188 e. The SMILES string of the molecule is O=C(Cc1cnsn1)c1ncncc1Br. The Morgan fingerprint density at radius 1 is 1.47 bits per heavy atom. The van der Waals surface area contributed by atoms with E-state index in [-0.39, 0.29) is 12.2 Å². The number of halogens is 1. The van der Waals surface area contributed by atoms with E-state index in [4.69, 9.17) is 0 Å². The van der Waals surface area contributed by atoms with Gasteiger partial charge < -0.3 is 0 Å². The summed E-state index contributed by atoms with van der Waals surface area (Å²) in [7, 11) is 0. The van der Waals surface area contributed by atoms with Crippen LogP contribution in [-0.4, -0.2) is 24.5 Å². The number of rotatable bonds is 3. The third kappa shape index (κ3) is 2.42. The Balaban J connectivity index is 2.19. The van der Waals surface area contributed by atoms with Gasteiger partial charge in [-0.2, -0.15) is 8.75 Å². The number of ketones is 1. The van der Waals surface area contributed by atoms with Crippen LogP contribution in [0.3, 0.4) is 0 Å². The molecule has 0 radical (unpaired) electrons. The van der Waals surface area contributed by atoms with E-state index in [1.165, 1.54) is 6.33 Å². The van der Waals surface area contributed by atoms with Crippen LogP contribution < -0.4 is 0 Å². The molecule has 0 aromatic carbocycles. The lowest BCUT2D eigenvalue weighted by atomic mass is 10.2. The number of carbonyl (C=O) groups is 1. The van der Waals surface area contributed by atoms with E-state index in [1.807, 2.05) is 0 Å². The normalized spacial score (nSPS) is 10.2. The molecule has 0 unspecified atom stereocenters. The van der Waals surface area contributed by atoms with Gasteiger partial charge in [0.15, 0.2) is 5.78 Å². The van der Waals surface area contributed by atoms with E-state index < -0.39 is 0 Å². The molecule has 0 atom stereocenters. The fourth-order valence-corrected chi connectivity index (χ4v) is 1.90. The van der Waals surface area contributed by atoms with Gasteiger partial charge in [0, 0.05) is 6.20 Å². The molecular formula is C8H5BrN4OS. The molecule has 7 heteroatoms. The van der Waals surface area contributed by atoms with E-state index in [0.29, 0.717) is 15.9 Å². The molecule has 15 heavy (non-hydrogen) atoms. The molecule has 0 spiro atoms. The molecule has 2 aromatic rings. The van der Waals surface area contributed by atoms with Gasteiger partial charge in [0.05, 0.1) is 34.5 Å². The Hall–Kier alpha value is -1.21. The predicted octanol–water partition coefficient (Wildman–Crippen LogP) is 1.52. The number of nitrogens with zero attached hydrogens (tertiary/aromatic N) is 4. The number of carbonyl (C=O) groups excluding carboxylic acids is 1. The summed E-state index contributed by atoms with van der Waals surface area (Å²) in [6.07, 6.45) is 4.68. The van der Waals surface area contributed by atoms with E-state index in [1.54, 1.807) is 12.4 Å². The molecule has 0 bridgehead atoms. The first-order valence-corrected chi connectivity index (χ1v) is 5.55. The molecule has 0 aliphatic carbocycles. The lowest BCUT2D eigenvalue weighted by Gasteiger charge is -1.98. The maximum absolute atomic E-state index is 11.7. The summed E-state index contributed by atoms with van der Waals surface area (Å²) in [5.41, 5.74) is 1.04. The molecule has 0 amide bonds. The second-order valence-electron chi connectivity index (χ2n) is 2.72. The minimum absolute atomic E-state index is 0.100. The van der Waals surface area contributed by atoms with Crippen LogP contribution in [0.25, 0.3) is 0 Å². The van der Waals surface area contributed by atoms with Crippen molar-refractivity contribution >= 4 is 33.4 Å². The van der Waals surface area contributed by atoms with Crippen molar-refractivity contribution < 1.29 is 4.79 Å². The average Bonchev–Trinajstić information content (AvgIpc) is 2.71. The molecule has 0 saturated heterocycles. The van der Waals surface area contributed by atoms with Crippen LogP contribution in [0.4, 0.5) is 0 Å². The summed E-state index contributed by atoms with van der Waals surface area (Å²) in [5, 5.41) is 0. The summed E-state index contributed by atoms with van der Waals surface area (Å²) in [5.74, 6) is -0.100. The summed E-state index contributed by atoms with van der Waals surface area (Å²) in [6, 6.07) is 0. The lowest BCUT2D eigenvalue weighted by Crippen LogP contribution is -2.07. The molecule has 5 nitrogen and oxygen atoms in total. The first-order chi connectivity index (χ1) is 7.27. The van der Waals surface area contributed by atoms with Gasteiger partial charge in [-0.25, -0.2) is 9.97 Å². The zero-order chi connectivity index (χ0) is 10.7. The van der Waals surface area contributed by atoms with Gasteiger partial charge in [-0.15, -0.1) is 0 Å². The van der Waals surface area contributed by atoms with Crippen molar-refractivity contribution in [2.45, 2.75) is 6.42 Å². The first kappa shape index (κ1) is 10.3. The minimum atomic E-state index is -0.100. The summed E-state index contributed by atoms with van der Waals surface area (Å²) >= 11 is 4.31. The predicted molar refractivity (Wildman–Crippen MR) is 57.7 cm³/mol. The Bertz CT molecular complexity index is 473. The van der Waals surface area contributed by atoms with E-state index in [9.17, 15) is 4.79 Å². The molecule has 0 N–H and O–H groups in total. The standard InChI is InChI=1S/C8H5BrN4OS/c9-6-3-10-4-11-8(6)7(14)1-5-2-12-15-13-5/h2-4H,1H2. The van der Waals surface area contributed by atoms with Crippen LogP contribution in [0.15, 0.2) is 23.2 Å². The molecular weight excluding hydrogens is 280 g/mol. The Morgan fingerprint density at radius 2 is 2.33 bits per heavy atom. The zero-order valence-electron chi connectivity index (χ0n) is 7.42. The van der Waals surface area contributed by atoms with Gasteiger partial charge in [0.1, 0.15) is 12.0 Å². The number of Topliss-reactive ketones (excluding diaryl/α,β-unsaturated/α-hetero) is 1. The molecule has 2 aromatic heterocycles. The molecule has 76 valence electrons. The van der Waals surface area contributed by atoms with Gasteiger partial charge in [0.2, 0.25) is 0 Å². The van der Waals surface area contributed by atoms with Crippen LogP contribution in [0.2, 0.25) is 0 Å². The fraction of sp³-hybridized carbons (Fsp3) is 0.125. The quantitative estimate of drug-likeness (QED) is 0.800. The van der Waals surface area contributed by atoms with E-state index in [0.717, 1.165) is 11.7 Å². The van der Waals surface area contributed by atoms with E-state index in [2.05, 4.69) is 34.6 Å².